The van der Waals surface area contributed by atoms with Crippen LogP contribution in [0.1, 0.15) is 10.4 Å². The molecule has 9 aromatic rings. The second kappa shape index (κ2) is 12.9. The molecule has 0 aliphatic heterocycles. The topological polar surface area (TPSA) is 61.6 Å². The van der Waals surface area contributed by atoms with Gasteiger partial charge in [-0.05, 0) is 89.6 Å². The Hall–Kier alpha value is -7.18. The van der Waals surface area contributed by atoms with Crippen LogP contribution < -0.4 is 9.80 Å². The van der Waals surface area contributed by atoms with Crippen molar-refractivity contribution >= 4 is 73.0 Å². The zero-order chi connectivity index (χ0) is 35.0. The Morgan fingerprint density at radius 2 is 0.885 bits per heavy atom. The van der Waals surface area contributed by atoms with Crippen LogP contribution in [-0.4, -0.2) is 21.2 Å². The average molecular weight is 673 g/mol. The number of fused-ring (bicyclic) bond motifs is 6. The Labute approximate surface area is 300 Å². The Bertz CT molecular complexity index is 2620. The molecule has 0 fully saturated rings. The van der Waals surface area contributed by atoms with Gasteiger partial charge in [-0.15, -0.1) is 0 Å². The molecule has 0 bridgehead atoms. The van der Waals surface area contributed by atoms with E-state index in [2.05, 4.69) is 119 Å². The van der Waals surface area contributed by atoms with Crippen LogP contribution in [0.15, 0.2) is 182 Å². The van der Waals surface area contributed by atoms with Crippen LogP contribution in [0.25, 0.3) is 44.0 Å². The molecule has 0 atom stereocenters. The monoisotopic (exact) mass is 672 g/mol. The van der Waals surface area contributed by atoms with Crippen LogP contribution in [0.4, 0.5) is 34.1 Å². The molecule has 0 unspecified atom stereocenters. The first-order valence-electron chi connectivity index (χ1n) is 17.2. The Balaban J connectivity index is 1.35. The molecule has 0 saturated carbocycles. The summed E-state index contributed by atoms with van der Waals surface area (Å²) in [4.78, 5) is 21.0. The van der Waals surface area contributed by atoms with Gasteiger partial charge in [0, 0.05) is 56.0 Å². The molecule has 0 aliphatic rings. The summed E-state index contributed by atoms with van der Waals surface area (Å²) in [6.45, 7) is 0. The summed E-state index contributed by atoms with van der Waals surface area (Å²) in [6, 6.07) is 61.3. The molecular weight excluding hydrogens is 641 g/mol. The first-order valence-corrected chi connectivity index (χ1v) is 17.2. The van der Waals surface area contributed by atoms with Crippen LogP contribution in [-0.2, 0) is 0 Å². The molecule has 0 amide bonds. The molecular formula is C46H32N4O2. The highest BCUT2D eigenvalue weighted by Gasteiger charge is 2.22. The quantitative estimate of drug-likeness (QED) is 0.0989. The maximum Gasteiger partial charge on any atom is 0.176 e. The van der Waals surface area contributed by atoms with E-state index in [1.54, 1.807) is 12.1 Å². The number of nitrogens with zero attached hydrogens (tertiary/aromatic N) is 4. The lowest BCUT2D eigenvalue weighted by Gasteiger charge is -2.27. The van der Waals surface area contributed by atoms with Crippen LogP contribution in [0.2, 0.25) is 0 Å². The summed E-state index contributed by atoms with van der Waals surface area (Å²) in [5.41, 5.74) is 8.69. The highest BCUT2D eigenvalue weighted by molar-refractivity contribution is 6.25. The van der Waals surface area contributed by atoms with E-state index >= 15 is 0 Å². The first kappa shape index (κ1) is 30.8. The van der Waals surface area contributed by atoms with Crippen molar-refractivity contribution in [1.82, 2.24) is 9.71 Å². The van der Waals surface area contributed by atoms with E-state index in [0.29, 0.717) is 28.0 Å². The van der Waals surface area contributed by atoms with Gasteiger partial charge in [-0.25, -0.2) is 4.98 Å². The maximum absolute atomic E-state index is 11.9. The van der Waals surface area contributed by atoms with Crippen molar-refractivity contribution in [1.29, 1.82) is 0 Å². The van der Waals surface area contributed by atoms with Crippen LogP contribution >= 0.6 is 0 Å². The molecule has 1 heterocycles. The standard InChI is InChI=1S/C46H32N4O2/c51-31-32-21-23-33(24-22-32)46-47-44-40-27-25-38(48(34-13-5-1-6-14-34)35-15-7-2-8-16-35)29-42(40)43-30-39(26-28-41(43)45(44)50(46)52)49(36-17-9-3-10-18-36)37-19-11-4-12-20-37/h1-31,52H. The van der Waals surface area contributed by atoms with Gasteiger partial charge < -0.3 is 15.0 Å². The van der Waals surface area contributed by atoms with Gasteiger partial charge in [0.1, 0.15) is 17.3 Å². The lowest BCUT2D eigenvalue weighted by molar-refractivity contribution is 0.112. The molecule has 8 aromatic carbocycles. The smallest absolute Gasteiger partial charge is 0.176 e. The number of aromatic nitrogens is 2. The molecule has 0 aliphatic carbocycles. The number of rotatable bonds is 8. The van der Waals surface area contributed by atoms with Crippen molar-refractivity contribution in [2.45, 2.75) is 0 Å². The molecule has 9 rings (SSSR count). The summed E-state index contributed by atoms with van der Waals surface area (Å²) in [5, 5.41) is 15.6. The Morgan fingerprint density at radius 3 is 1.33 bits per heavy atom. The van der Waals surface area contributed by atoms with Gasteiger partial charge in [0.25, 0.3) is 0 Å². The van der Waals surface area contributed by atoms with Crippen molar-refractivity contribution in [3.63, 3.8) is 0 Å². The molecule has 6 nitrogen and oxygen atoms in total. The third-order valence-corrected chi connectivity index (χ3v) is 9.54. The number of para-hydroxylation sites is 4. The normalized spacial score (nSPS) is 11.2. The van der Waals surface area contributed by atoms with Crippen molar-refractivity contribution < 1.29 is 10.0 Å². The van der Waals surface area contributed by atoms with E-state index in [9.17, 15) is 10.0 Å². The number of aldehydes is 1. The van der Waals surface area contributed by atoms with Gasteiger partial charge >= 0.3 is 0 Å². The summed E-state index contributed by atoms with van der Waals surface area (Å²) < 4.78 is 1.19. The van der Waals surface area contributed by atoms with E-state index in [4.69, 9.17) is 4.98 Å². The molecule has 248 valence electrons. The first-order chi connectivity index (χ1) is 25.7. The number of anilines is 6. The summed E-state index contributed by atoms with van der Waals surface area (Å²) in [6.07, 6.45) is 0.810. The fraction of sp³-hybridized carbons (Fsp3) is 0. The van der Waals surface area contributed by atoms with E-state index in [1.165, 1.54) is 4.73 Å². The van der Waals surface area contributed by atoms with Gasteiger partial charge in [-0.2, -0.15) is 4.73 Å². The largest absolute Gasteiger partial charge is 0.426 e. The predicted octanol–water partition coefficient (Wildman–Crippen LogP) is 12.0. The van der Waals surface area contributed by atoms with E-state index in [0.717, 1.165) is 62.0 Å². The Morgan fingerprint density at radius 1 is 0.462 bits per heavy atom. The van der Waals surface area contributed by atoms with Gasteiger partial charge in [0.05, 0.1) is 0 Å². The zero-order valence-electron chi connectivity index (χ0n) is 28.0. The fourth-order valence-corrected chi connectivity index (χ4v) is 7.14. The lowest BCUT2D eigenvalue weighted by atomic mass is 9.98. The van der Waals surface area contributed by atoms with Gasteiger partial charge in [-0.1, -0.05) is 103 Å². The van der Waals surface area contributed by atoms with Crippen molar-refractivity contribution in [3.05, 3.63) is 188 Å². The lowest BCUT2D eigenvalue weighted by Crippen LogP contribution is -2.10. The zero-order valence-corrected chi connectivity index (χ0v) is 28.0. The summed E-state index contributed by atoms with van der Waals surface area (Å²) >= 11 is 0. The van der Waals surface area contributed by atoms with E-state index < -0.39 is 0 Å². The van der Waals surface area contributed by atoms with E-state index in [1.807, 2.05) is 60.7 Å². The molecule has 6 heteroatoms. The van der Waals surface area contributed by atoms with Gasteiger partial charge in [0.2, 0.25) is 0 Å². The van der Waals surface area contributed by atoms with Crippen molar-refractivity contribution in [3.8, 4) is 11.4 Å². The summed E-state index contributed by atoms with van der Waals surface area (Å²) in [5.74, 6) is 0.403. The second-order valence-electron chi connectivity index (χ2n) is 12.7. The van der Waals surface area contributed by atoms with Crippen molar-refractivity contribution in [2.75, 3.05) is 9.80 Å². The SMILES string of the molecule is O=Cc1ccc(-c2nc3c4ccc(N(c5ccccc5)c5ccccc5)cc4c4cc(N(c5ccccc5)c5ccccc5)ccc4c3n2O)cc1. The summed E-state index contributed by atoms with van der Waals surface area (Å²) in [7, 11) is 0. The number of hydrogen-bond donors (Lipinski definition) is 1. The Kier molecular flexibility index (Phi) is 7.67. The fourth-order valence-electron chi connectivity index (χ4n) is 7.14. The number of carbonyl (C=O) groups excluding carboxylic acids is 1. The molecule has 1 N–H and O–H groups in total. The molecule has 1 aromatic heterocycles. The third-order valence-electron chi connectivity index (χ3n) is 9.54. The average Bonchev–Trinajstić information content (AvgIpc) is 3.56. The van der Waals surface area contributed by atoms with Crippen LogP contribution in [0, 0.1) is 0 Å². The number of benzene rings is 8. The minimum atomic E-state index is 0.403. The number of imidazole rings is 1. The van der Waals surface area contributed by atoms with Crippen molar-refractivity contribution in [2.24, 2.45) is 0 Å². The molecule has 0 radical (unpaired) electrons. The second-order valence-corrected chi connectivity index (χ2v) is 12.7. The highest BCUT2D eigenvalue weighted by Crippen LogP contribution is 2.44. The molecule has 52 heavy (non-hydrogen) atoms. The van der Waals surface area contributed by atoms with Gasteiger partial charge in [-0.3, -0.25) is 4.79 Å². The van der Waals surface area contributed by atoms with Crippen LogP contribution in [0.3, 0.4) is 0 Å². The highest BCUT2D eigenvalue weighted by atomic mass is 16.5. The molecule has 0 saturated heterocycles. The predicted molar refractivity (Wildman–Crippen MR) is 212 cm³/mol. The number of hydrogen-bond acceptors (Lipinski definition) is 5. The number of carbonyl (C=O) groups is 1. The maximum atomic E-state index is 11.9. The molecule has 0 spiro atoms. The minimum Gasteiger partial charge on any atom is -0.426 e. The van der Waals surface area contributed by atoms with E-state index in [-0.39, 0.29) is 0 Å². The van der Waals surface area contributed by atoms with Gasteiger partial charge in [0.15, 0.2) is 5.82 Å². The minimum absolute atomic E-state index is 0.403. The third kappa shape index (κ3) is 5.30. The van der Waals surface area contributed by atoms with Crippen LogP contribution in [0.5, 0.6) is 0 Å².